The van der Waals surface area contributed by atoms with Gasteiger partial charge in [0.05, 0.1) is 18.1 Å². The zero-order valence-corrected chi connectivity index (χ0v) is 14.5. The monoisotopic (exact) mass is 299 g/mol. The smallest absolute Gasteiger partial charge is 0.234 e. The fourth-order valence-corrected chi connectivity index (χ4v) is 2.18. The lowest BCUT2D eigenvalue weighted by Gasteiger charge is -2.30. The van der Waals surface area contributed by atoms with E-state index in [4.69, 9.17) is 5.73 Å². The van der Waals surface area contributed by atoms with Crippen LogP contribution in [0.2, 0.25) is 0 Å². The van der Waals surface area contributed by atoms with Gasteiger partial charge in [-0.2, -0.15) is 0 Å². The van der Waals surface area contributed by atoms with Crippen LogP contribution in [-0.4, -0.2) is 35.4 Å². The molecule has 0 saturated carbocycles. The van der Waals surface area contributed by atoms with Crippen molar-refractivity contribution < 1.29 is 9.59 Å². The second kappa shape index (κ2) is 8.49. The van der Waals surface area contributed by atoms with Gasteiger partial charge in [0.2, 0.25) is 5.91 Å². The summed E-state index contributed by atoms with van der Waals surface area (Å²) >= 11 is 0. The average molecular weight is 299 g/mol. The minimum absolute atomic E-state index is 0.0466. The lowest BCUT2D eigenvalue weighted by molar-refractivity contribution is -0.130. The summed E-state index contributed by atoms with van der Waals surface area (Å²) in [5, 5.41) is 6.00. The number of nitrogens with one attached hydrogen (secondary N) is 2. The van der Waals surface area contributed by atoms with Crippen molar-refractivity contribution in [2.75, 3.05) is 6.54 Å². The summed E-state index contributed by atoms with van der Waals surface area (Å²) in [7, 11) is 0. The maximum atomic E-state index is 12.3. The molecule has 0 aliphatic carbocycles. The van der Waals surface area contributed by atoms with Crippen molar-refractivity contribution >= 4 is 11.7 Å². The molecule has 1 unspecified atom stereocenters. The third kappa shape index (κ3) is 5.75. The molecule has 0 aliphatic rings. The Morgan fingerprint density at radius 2 is 1.52 bits per heavy atom. The Bertz CT molecular complexity index is 347. The highest BCUT2D eigenvalue weighted by molar-refractivity contribution is 5.95. The van der Waals surface area contributed by atoms with Gasteiger partial charge in [0.1, 0.15) is 0 Å². The zero-order chi connectivity index (χ0) is 16.7. The molecule has 0 bridgehead atoms. The number of rotatable bonds is 10. The molecule has 0 rings (SSSR count). The van der Waals surface area contributed by atoms with Crippen molar-refractivity contribution in [1.29, 1.82) is 0 Å². The number of hydrogen-bond donors (Lipinski definition) is 3. The molecule has 0 aromatic heterocycles. The van der Waals surface area contributed by atoms with Crippen LogP contribution in [0.1, 0.15) is 67.2 Å². The summed E-state index contributed by atoms with van der Waals surface area (Å²) in [4.78, 5) is 24.3. The van der Waals surface area contributed by atoms with E-state index in [0.29, 0.717) is 12.8 Å². The first-order valence-electron chi connectivity index (χ1n) is 8.05. The molecule has 21 heavy (non-hydrogen) atoms. The topological polar surface area (TPSA) is 84.2 Å². The van der Waals surface area contributed by atoms with Gasteiger partial charge in [-0.25, -0.2) is 0 Å². The molecule has 0 spiro atoms. The van der Waals surface area contributed by atoms with E-state index in [2.05, 4.69) is 31.4 Å². The van der Waals surface area contributed by atoms with Gasteiger partial charge < -0.3 is 16.4 Å². The van der Waals surface area contributed by atoms with E-state index in [1.165, 1.54) is 0 Å². The number of Topliss-reactive ketones (excluding diaryl/α,β-unsaturated/α-hetero) is 1. The summed E-state index contributed by atoms with van der Waals surface area (Å²) in [6.07, 6.45) is 3.04. The van der Waals surface area contributed by atoms with Crippen LogP contribution in [0.5, 0.6) is 0 Å². The number of ketones is 1. The molecule has 0 saturated heterocycles. The van der Waals surface area contributed by atoms with Crippen LogP contribution in [0.25, 0.3) is 0 Å². The predicted octanol–water partition coefficient (Wildman–Crippen LogP) is 1.75. The number of carbonyl (C=O) groups excluding carboxylic acids is 2. The molecule has 124 valence electrons. The van der Waals surface area contributed by atoms with E-state index in [-0.39, 0.29) is 23.8 Å². The third-order valence-electron chi connectivity index (χ3n) is 4.76. The van der Waals surface area contributed by atoms with Crippen LogP contribution < -0.4 is 16.4 Å². The SMILES string of the molecule is CCC(C)(CC)NCC(=O)NC(C)C(=O)C(N)(CC)CC. The first kappa shape index (κ1) is 20.1. The van der Waals surface area contributed by atoms with Gasteiger partial charge >= 0.3 is 0 Å². The number of carbonyl (C=O) groups is 2. The summed E-state index contributed by atoms with van der Waals surface area (Å²) in [5.74, 6) is -0.270. The number of nitrogens with two attached hydrogens (primary N) is 1. The maximum absolute atomic E-state index is 12.3. The summed E-state index contributed by atoms with van der Waals surface area (Å²) in [6, 6.07) is -0.557. The Morgan fingerprint density at radius 1 is 1.05 bits per heavy atom. The van der Waals surface area contributed by atoms with Crippen LogP contribution >= 0.6 is 0 Å². The average Bonchev–Trinajstić information content (AvgIpc) is 2.50. The number of hydrogen-bond acceptors (Lipinski definition) is 4. The predicted molar refractivity (Wildman–Crippen MR) is 87.1 cm³/mol. The quantitative estimate of drug-likeness (QED) is 0.574. The standard InChI is InChI=1S/C16H33N3O2/c1-7-15(6,8-2)18-11-13(20)19-12(5)14(21)16(17,9-3)10-4/h12,18H,7-11,17H2,1-6H3,(H,19,20). The minimum Gasteiger partial charge on any atom is -0.345 e. The van der Waals surface area contributed by atoms with Gasteiger partial charge in [-0.05, 0) is 39.5 Å². The van der Waals surface area contributed by atoms with E-state index in [1.807, 2.05) is 13.8 Å². The van der Waals surface area contributed by atoms with E-state index in [1.54, 1.807) is 6.92 Å². The third-order valence-corrected chi connectivity index (χ3v) is 4.76. The molecule has 0 aliphatic heterocycles. The molecule has 0 aromatic carbocycles. The molecule has 0 heterocycles. The Kier molecular flexibility index (Phi) is 8.11. The van der Waals surface area contributed by atoms with Gasteiger partial charge in [0, 0.05) is 5.54 Å². The molecule has 0 radical (unpaired) electrons. The maximum Gasteiger partial charge on any atom is 0.234 e. The summed E-state index contributed by atoms with van der Waals surface area (Å²) in [5.41, 5.74) is 5.19. The Morgan fingerprint density at radius 3 is 1.90 bits per heavy atom. The lowest BCUT2D eigenvalue weighted by Crippen LogP contribution is -2.56. The normalized spacial score (nSPS) is 13.9. The zero-order valence-electron chi connectivity index (χ0n) is 14.5. The van der Waals surface area contributed by atoms with Crippen molar-refractivity contribution in [3.8, 4) is 0 Å². The Labute approximate surface area is 129 Å². The molecule has 4 N–H and O–H groups in total. The van der Waals surface area contributed by atoms with Crippen molar-refractivity contribution in [1.82, 2.24) is 10.6 Å². The van der Waals surface area contributed by atoms with Crippen molar-refractivity contribution in [2.45, 2.75) is 84.3 Å². The molecular weight excluding hydrogens is 266 g/mol. The van der Waals surface area contributed by atoms with E-state index >= 15 is 0 Å². The van der Waals surface area contributed by atoms with Crippen molar-refractivity contribution in [3.63, 3.8) is 0 Å². The molecule has 5 heteroatoms. The molecule has 0 aromatic rings. The fourth-order valence-electron chi connectivity index (χ4n) is 2.18. The van der Waals surface area contributed by atoms with Gasteiger partial charge in [-0.15, -0.1) is 0 Å². The summed E-state index contributed by atoms with van der Waals surface area (Å²) in [6.45, 7) is 12.0. The van der Waals surface area contributed by atoms with Crippen LogP contribution in [0, 0.1) is 0 Å². The molecule has 1 atom stereocenters. The molecular formula is C16H33N3O2. The second-order valence-corrected chi connectivity index (χ2v) is 6.14. The largest absolute Gasteiger partial charge is 0.345 e. The van der Waals surface area contributed by atoms with Gasteiger partial charge in [0.25, 0.3) is 0 Å². The van der Waals surface area contributed by atoms with Crippen LogP contribution in [0.4, 0.5) is 0 Å². The van der Waals surface area contributed by atoms with E-state index in [0.717, 1.165) is 12.8 Å². The van der Waals surface area contributed by atoms with E-state index < -0.39 is 11.6 Å². The van der Waals surface area contributed by atoms with Crippen molar-refractivity contribution in [2.24, 2.45) is 5.73 Å². The number of amides is 1. The summed E-state index contributed by atoms with van der Waals surface area (Å²) < 4.78 is 0. The first-order valence-corrected chi connectivity index (χ1v) is 8.05. The van der Waals surface area contributed by atoms with E-state index in [9.17, 15) is 9.59 Å². The minimum atomic E-state index is -0.846. The van der Waals surface area contributed by atoms with Crippen LogP contribution in [-0.2, 0) is 9.59 Å². The second-order valence-electron chi connectivity index (χ2n) is 6.14. The highest BCUT2D eigenvalue weighted by Gasteiger charge is 2.34. The molecule has 0 fully saturated rings. The van der Waals surface area contributed by atoms with Gasteiger partial charge in [-0.3, -0.25) is 9.59 Å². The Hall–Kier alpha value is -0.940. The molecule has 1 amide bonds. The fraction of sp³-hybridized carbons (Fsp3) is 0.875. The highest BCUT2D eigenvalue weighted by atomic mass is 16.2. The first-order chi connectivity index (χ1) is 9.67. The van der Waals surface area contributed by atoms with Crippen LogP contribution in [0.15, 0.2) is 0 Å². The molecule has 5 nitrogen and oxygen atoms in total. The van der Waals surface area contributed by atoms with Crippen LogP contribution in [0.3, 0.4) is 0 Å². The van der Waals surface area contributed by atoms with Gasteiger partial charge in [-0.1, -0.05) is 27.7 Å². The Balaban J connectivity index is 4.49. The highest BCUT2D eigenvalue weighted by Crippen LogP contribution is 2.15. The lowest BCUT2D eigenvalue weighted by atomic mass is 9.86. The van der Waals surface area contributed by atoms with Crippen molar-refractivity contribution in [3.05, 3.63) is 0 Å². The van der Waals surface area contributed by atoms with Gasteiger partial charge in [0.15, 0.2) is 5.78 Å².